The normalized spacial score (nSPS) is 20.6. The summed E-state index contributed by atoms with van der Waals surface area (Å²) in [5.41, 5.74) is 0. The summed E-state index contributed by atoms with van der Waals surface area (Å²) in [7, 11) is 0. The Balaban J connectivity index is 2.13. The number of amides is 2. The molecule has 2 amide bonds. The van der Waals surface area contributed by atoms with Crippen LogP contribution in [-0.4, -0.2) is 42.9 Å². The van der Waals surface area contributed by atoms with Gasteiger partial charge in [0.1, 0.15) is 0 Å². The number of carboxylic acid groups (broad SMARTS) is 1. The van der Waals surface area contributed by atoms with Crippen LogP contribution >= 0.6 is 0 Å². The Labute approximate surface area is 113 Å². The van der Waals surface area contributed by atoms with Crippen molar-refractivity contribution in [2.45, 2.75) is 45.1 Å². The van der Waals surface area contributed by atoms with Gasteiger partial charge in [-0.2, -0.15) is 0 Å². The van der Waals surface area contributed by atoms with Crippen LogP contribution in [0.5, 0.6) is 0 Å². The third kappa shape index (κ3) is 7.00. The molecule has 0 aromatic carbocycles. The molecule has 1 aliphatic rings. The van der Waals surface area contributed by atoms with E-state index in [0.29, 0.717) is 13.1 Å². The van der Waals surface area contributed by atoms with E-state index in [9.17, 15) is 9.59 Å². The quantitative estimate of drug-likeness (QED) is 0.653. The van der Waals surface area contributed by atoms with E-state index < -0.39 is 5.97 Å². The zero-order chi connectivity index (χ0) is 14.1. The fourth-order valence-electron chi connectivity index (χ4n) is 2.08. The van der Waals surface area contributed by atoms with Crippen molar-refractivity contribution >= 4 is 12.0 Å². The van der Waals surface area contributed by atoms with Crippen molar-refractivity contribution in [2.75, 3.05) is 19.7 Å². The third-order valence-corrected chi connectivity index (χ3v) is 3.36. The highest BCUT2D eigenvalue weighted by molar-refractivity contribution is 5.74. The molecule has 1 fully saturated rings. The second-order valence-corrected chi connectivity index (χ2v) is 4.95. The van der Waals surface area contributed by atoms with E-state index in [1.807, 2.05) is 6.92 Å². The minimum Gasteiger partial charge on any atom is -0.481 e. The van der Waals surface area contributed by atoms with Crippen molar-refractivity contribution in [1.29, 1.82) is 0 Å². The molecular weight excluding hydrogens is 248 g/mol. The zero-order valence-corrected chi connectivity index (χ0v) is 11.5. The molecule has 2 atom stereocenters. The lowest BCUT2D eigenvalue weighted by Crippen LogP contribution is -2.42. The molecule has 0 spiro atoms. The van der Waals surface area contributed by atoms with E-state index >= 15 is 0 Å². The van der Waals surface area contributed by atoms with Gasteiger partial charge in [0.05, 0.1) is 6.10 Å². The van der Waals surface area contributed by atoms with E-state index in [2.05, 4.69) is 10.6 Å². The number of aliphatic carboxylic acids is 1. The maximum Gasteiger partial charge on any atom is 0.314 e. The number of carboxylic acids is 1. The largest absolute Gasteiger partial charge is 0.481 e. The van der Waals surface area contributed by atoms with Crippen LogP contribution in [0.15, 0.2) is 0 Å². The molecule has 6 nitrogen and oxygen atoms in total. The SMILES string of the molecule is CCC(CNC(=O)NCC1CCCCO1)CC(=O)O. The first kappa shape index (κ1) is 15.8. The van der Waals surface area contributed by atoms with Gasteiger partial charge in [-0.15, -0.1) is 0 Å². The van der Waals surface area contributed by atoms with E-state index in [1.54, 1.807) is 0 Å². The summed E-state index contributed by atoms with van der Waals surface area (Å²) in [6.45, 7) is 3.59. The van der Waals surface area contributed by atoms with Crippen LogP contribution in [-0.2, 0) is 9.53 Å². The number of hydrogen-bond acceptors (Lipinski definition) is 3. The summed E-state index contributed by atoms with van der Waals surface area (Å²) in [6.07, 6.45) is 4.15. The first-order valence-electron chi connectivity index (χ1n) is 6.97. The molecule has 1 aliphatic heterocycles. The molecule has 110 valence electrons. The van der Waals surface area contributed by atoms with E-state index in [4.69, 9.17) is 9.84 Å². The van der Waals surface area contributed by atoms with Crippen molar-refractivity contribution in [3.8, 4) is 0 Å². The second kappa shape index (κ2) is 8.74. The first-order valence-corrected chi connectivity index (χ1v) is 6.97. The van der Waals surface area contributed by atoms with Gasteiger partial charge in [0.25, 0.3) is 0 Å². The maximum atomic E-state index is 11.6. The highest BCUT2D eigenvalue weighted by Gasteiger charge is 2.15. The molecule has 0 radical (unpaired) electrons. The van der Waals surface area contributed by atoms with Gasteiger partial charge >= 0.3 is 12.0 Å². The highest BCUT2D eigenvalue weighted by atomic mass is 16.5. The number of hydrogen-bond donors (Lipinski definition) is 3. The summed E-state index contributed by atoms with van der Waals surface area (Å²) in [5.74, 6) is -0.848. The number of carbonyl (C=O) groups is 2. The summed E-state index contributed by atoms with van der Waals surface area (Å²) in [4.78, 5) is 22.2. The van der Waals surface area contributed by atoms with Crippen LogP contribution in [0, 0.1) is 5.92 Å². The number of urea groups is 1. The Morgan fingerprint density at radius 1 is 1.37 bits per heavy atom. The minimum absolute atomic E-state index is 0.0193. The van der Waals surface area contributed by atoms with E-state index in [0.717, 1.165) is 32.3 Å². The van der Waals surface area contributed by atoms with Crippen molar-refractivity contribution in [3.63, 3.8) is 0 Å². The Kier molecular flexibility index (Phi) is 7.25. The first-order chi connectivity index (χ1) is 9.11. The molecule has 0 aromatic heterocycles. The maximum absolute atomic E-state index is 11.6. The van der Waals surface area contributed by atoms with Gasteiger partial charge in [0.15, 0.2) is 0 Å². The van der Waals surface area contributed by atoms with Crippen LogP contribution in [0.3, 0.4) is 0 Å². The Hall–Kier alpha value is -1.30. The molecule has 0 aromatic rings. The summed E-state index contributed by atoms with van der Waals surface area (Å²) in [5, 5.41) is 14.2. The van der Waals surface area contributed by atoms with Crippen molar-refractivity contribution in [2.24, 2.45) is 5.92 Å². The lowest BCUT2D eigenvalue weighted by Gasteiger charge is -2.23. The predicted molar refractivity (Wildman–Crippen MR) is 71.0 cm³/mol. The molecule has 1 heterocycles. The molecule has 19 heavy (non-hydrogen) atoms. The monoisotopic (exact) mass is 272 g/mol. The Morgan fingerprint density at radius 2 is 2.16 bits per heavy atom. The molecule has 2 unspecified atom stereocenters. The third-order valence-electron chi connectivity index (χ3n) is 3.36. The molecule has 1 saturated heterocycles. The average Bonchev–Trinajstić information content (AvgIpc) is 2.42. The molecular formula is C13H24N2O4. The van der Waals surface area contributed by atoms with Crippen molar-refractivity contribution < 1.29 is 19.4 Å². The summed E-state index contributed by atoms with van der Waals surface area (Å²) in [6, 6.07) is -0.252. The Morgan fingerprint density at radius 3 is 2.74 bits per heavy atom. The lowest BCUT2D eigenvalue weighted by atomic mass is 10.0. The standard InChI is InChI=1S/C13H24N2O4/c1-2-10(7-12(16)17)8-14-13(18)15-9-11-5-3-4-6-19-11/h10-11H,2-9H2,1H3,(H,16,17)(H2,14,15,18). The van der Waals surface area contributed by atoms with Crippen LogP contribution in [0.2, 0.25) is 0 Å². The number of carbonyl (C=O) groups excluding carboxylic acids is 1. The lowest BCUT2D eigenvalue weighted by molar-refractivity contribution is -0.138. The van der Waals surface area contributed by atoms with Gasteiger partial charge < -0.3 is 20.5 Å². The topological polar surface area (TPSA) is 87.7 Å². The molecule has 3 N–H and O–H groups in total. The van der Waals surface area contributed by atoms with Gasteiger partial charge in [-0.1, -0.05) is 13.3 Å². The molecule has 6 heteroatoms. The van der Waals surface area contributed by atoms with Gasteiger partial charge in [-0.3, -0.25) is 4.79 Å². The van der Waals surface area contributed by atoms with Crippen LogP contribution in [0.1, 0.15) is 39.0 Å². The highest BCUT2D eigenvalue weighted by Crippen LogP contribution is 2.11. The molecule has 0 aliphatic carbocycles. The predicted octanol–water partition coefficient (Wildman–Crippen LogP) is 1.36. The van der Waals surface area contributed by atoms with Gasteiger partial charge in [0.2, 0.25) is 0 Å². The van der Waals surface area contributed by atoms with Gasteiger partial charge in [-0.05, 0) is 25.2 Å². The fourth-order valence-corrected chi connectivity index (χ4v) is 2.08. The molecule has 0 saturated carbocycles. The summed E-state index contributed by atoms with van der Waals surface area (Å²) < 4.78 is 5.51. The minimum atomic E-state index is -0.829. The number of rotatable bonds is 7. The second-order valence-electron chi connectivity index (χ2n) is 4.95. The van der Waals surface area contributed by atoms with Crippen LogP contribution < -0.4 is 10.6 Å². The van der Waals surface area contributed by atoms with E-state index in [-0.39, 0.29) is 24.5 Å². The van der Waals surface area contributed by atoms with E-state index in [1.165, 1.54) is 0 Å². The Bertz CT molecular complexity index is 290. The van der Waals surface area contributed by atoms with Crippen molar-refractivity contribution in [1.82, 2.24) is 10.6 Å². The summed E-state index contributed by atoms with van der Waals surface area (Å²) >= 11 is 0. The van der Waals surface area contributed by atoms with Crippen LogP contribution in [0.4, 0.5) is 4.79 Å². The van der Waals surface area contributed by atoms with Crippen LogP contribution in [0.25, 0.3) is 0 Å². The van der Waals surface area contributed by atoms with Crippen molar-refractivity contribution in [3.05, 3.63) is 0 Å². The number of nitrogens with one attached hydrogen (secondary N) is 2. The van der Waals surface area contributed by atoms with Gasteiger partial charge in [-0.25, -0.2) is 4.79 Å². The average molecular weight is 272 g/mol. The smallest absolute Gasteiger partial charge is 0.314 e. The fraction of sp³-hybridized carbons (Fsp3) is 0.846. The van der Waals surface area contributed by atoms with Gasteiger partial charge in [0, 0.05) is 26.1 Å². The zero-order valence-electron chi connectivity index (χ0n) is 11.5. The molecule has 1 rings (SSSR count). The molecule has 0 bridgehead atoms. The number of ether oxygens (including phenoxy) is 1.